The number of hydrogen-bond acceptors (Lipinski definition) is 3. The van der Waals surface area contributed by atoms with Crippen molar-refractivity contribution in [2.24, 2.45) is 17.3 Å². The van der Waals surface area contributed by atoms with E-state index in [2.05, 4.69) is 6.07 Å². The lowest BCUT2D eigenvalue weighted by atomic mass is 9.61. The number of ether oxygens (including phenoxy) is 1. The maximum atomic E-state index is 10.8. The lowest BCUT2D eigenvalue weighted by molar-refractivity contribution is -0.158. The Kier molecular flexibility index (Phi) is 2.28. The van der Waals surface area contributed by atoms with Crippen LogP contribution in [0.4, 0.5) is 0 Å². The van der Waals surface area contributed by atoms with E-state index < -0.39 is 11.0 Å². The molecule has 0 spiro atoms. The highest BCUT2D eigenvalue weighted by molar-refractivity contribution is 5.20. The molecule has 3 aliphatic rings. The van der Waals surface area contributed by atoms with Crippen molar-refractivity contribution >= 4 is 0 Å². The third kappa shape index (κ3) is 1.20. The van der Waals surface area contributed by atoms with Crippen molar-refractivity contribution in [1.82, 2.24) is 0 Å². The number of aliphatic hydroxyl groups is 1. The Balaban J connectivity index is 1.93. The SMILES string of the molecule is N#CC1(C2(O)CCCOC2)CC2CCC1C2. The lowest BCUT2D eigenvalue weighted by Gasteiger charge is -2.47. The van der Waals surface area contributed by atoms with Crippen LogP contribution in [0.3, 0.4) is 0 Å². The first-order valence-corrected chi connectivity index (χ1v) is 6.42. The minimum Gasteiger partial charge on any atom is -0.386 e. The molecule has 0 aromatic rings. The van der Waals surface area contributed by atoms with Gasteiger partial charge in [0.25, 0.3) is 0 Å². The lowest BCUT2D eigenvalue weighted by Crippen LogP contribution is -2.55. The summed E-state index contributed by atoms with van der Waals surface area (Å²) < 4.78 is 5.43. The summed E-state index contributed by atoms with van der Waals surface area (Å²) in [4.78, 5) is 0. The summed E-state index contributed by atoms with van der Waals surface area (Å²) in [7, 11) is 0. The van der Waals surface area contributed by atoms with Crippen molar-refractivity contribution in [3.05, 3.63) is 0 Å². The van der Waals surface area contributed by atoms with Crippen LogP contribution < -0.4 is 0 Å². The summed E-state index contributed by atoms with van der Waals surface area (Å²) in [5, 5.41) is 20.4. The van der Waals surface area contributed by atoms with Crippen LogP contribution in [0.5, 0.6) is 0 Å². The van der Waals surface area contributed by atoms with Crippen molar-refractivity contribution in [3.8, 4) is 6.07 Å². The van der Waals surface area contributed by atoms with Crippen LogP contribution in [-0.2, 0) is 4.74 Å². The summed E-state index contributed by atoms with van der Waals surface area (Å²) >= 11 is 0. The molecule has 3 nitrogen and oxygen atoms in total. The largest absolute Gasteiger partial charge is 0.386 e. The first kappa shape index (κ1) is 10.6. The van der Waals surface area contributed by atoms with E-state index in [1.807, 2.05) is 0 Å². The zero-order valence-electron chi connectivity index (χ0n) is 9.61. The molecule has 3 fully saturated rings. The van der Waals surface area contributed by atoms with Crippen molar-refractivity contribution in [2.75, 3.05) is 13.2 Å². The van der Waals surface area contributed by atoms with E-state index in [-0.39, 0.29) is 0 Å². The highest BCUT2D eigenvalue weighted by atomic mass is 16.5. The van der Waals surface area contributed by atoms with Gasteiger partial charge in [-0.3, -0.25) is 0 Å². The van der Waals surface area contributed by atoms with Gasteiger partial charge in [0.2, 0.25) is 0 Å². The van der Waals surface area contributed by atoms with Gasteiger partial charge >= 0.3 is 0 Å². The Morgan fingerprint density at radius 1 is 1.38 bits per heavy atom. The van der Waals surface area contributed by atoms with E-state index in [0.717, 1.165) is 38.7 Å². The van der Waals surface area contributed by atoms with Gasteiger partial charge in [0.15, 0.2) is 0 Å². The molecule has 4 unspecified atom stereocenters. The zero-order valence-corrected chi connectivity index (χ0v) is 9.61. The smallest absolute Gasteiger partial charge is 0.107 e. The molecule has 1 heterocycles. The average Bonchev–Trinajstić information content (AvgIpc) is 2.90. The minimum atomic E-state index is -0.875. The van der Waals surface area contributed by atoms with Gasteiger partial charge in [0.05, 0.1) is 18.1 Å². The highest BCUT2D eigenvalue weighted by Crippen LogP contribution is 2.61. The van der Waals surface area contributed by atoms with E-state index in [0.29, 0.717) is 18.4 Å². The molecule has 0 aromatic heterocycles. The molecule has 0 amide bonds. The van der Waals surface area contributed by atoms with Gasteiger partial charge in [-0.1, -0.05) is 6.42 Å². The van der Waals surface area contributed by atoms with Gasteiger partial charge in [-0.15, -0.1) is 0 Å². The van der Waals surface area contributed by atoms with Gasteiger partial charge < -0.3 is 9.84 Å². The minimum absolute atomic E-state index is 0.365. The van der Waals surface area contributed by atoms with Gasteiger partial charge in [-0.2, -0.15) is 5.26 Å². The second-order valence-electron chi connectivity index (χ2n) is 5.85. The van der Waals surface area contributed by atoms with E-state index >= 15 is 0 Å². The van der Waals surface area contributed by atoms with Gasteiger partial charge in [-0.25, -0.2) is 0 Å². The fourth-order valence-electron chi connectivity index (χ4n) is 4.27. The molecule has 2 aliphatic carbocycles. The number of fused-ring (bicyclic) bond motifs is 2. The third-order valence-corrected chi connectivity index (χ3v) is 5.10. The van der Waals surface area contributed by atoms with Crippen LogP contribution in [-0.4, -0.2) is 23.9 Å². The fraction of sp³-hybridized carbons (Fsp3) is 0.923. The Labute approximate surface area is 96.4 Å². The highest BCUT2D eigenvalue weighted by Gasteiger charge is 2.62. The monoisotopic (exact) mass is 221 g/mol. The van der Waals surface area contributed by atoms with Crippen LogP contribution >= 0.6 is 0 Å². The quantitative estimate of drug-likeness (QED) is 0.735. The Morgan fingerprint density at radius 2 is 2.25 bits per heavy atom. The van der Waals surface area contributed by atoms with Gasteiger partial charge in [0.1, 0.15) is 5.60 Å². The number of nitriles is 1. The van der Waals surface area contributed by atoms with Crippen LogP contribution in [0.1, 0.15) is 38.5 Å². The van der Waals surface area contributed by atoms with E-state index in [9.17, 15) is 10.4 Å². The topological polar surface area (TPSA) is 53.2 Å². The van der Waals surface area contributed by atoms with E-state index in [1.54, 1.807) is 0 Å². The maximum absolute atomic E-state index is 10.8. The average molecular weight is 221 g/mol. The molecular weight excluding hydrogens is 202 g/mol. The summed E-state index contributed by atoms with van der Waals surface area (Å²) in [6.45, 7) is 1.10. The van der Waals surface area contributed by atoms with Crippen LogP contribution in [0, 0.1) is 28.6 Å². The molecule has 2 bridgehead atoms. The zero-order chi connectivity index (χ0) is 11.2. The molecule has 3 rings (SSSR count). The summed E-state index contributed by atoms with van der Waals surface area (Å²) in [5.74, 6) is 1.09. The maximum Gasteiger partial charge on any atom is 0.107 e. The standard InChI is InChI=1S/C13H19NO2/c14-8-12(7-10-2-3-11(12)6-10)13(15)4-1-5-16-9-13/h10-11,15H,1-7,9H2. The molecule has 88 valence electrons. The fourth-order valence-corrected chi connectivity index (χ4v) is 4.27. The summed E-state index contributed by atoms with van der Waals surface area (Å²) in [6, 6.07) is 2.49. The molecule has 16 heavy (non-hydrogen) atoms. The number of nitrogens with zero attached hydrogens (tertiary/aromatic N) is 1. The van der Waals surface area contributed by atoms with Crippen molar-refractivity contribution in [2.45, 2.75) is 44.1 Å². The molecule has 0 aromatic carbocycles. The summed E-state index contributed by atoms with van der Waals surface area (Å²) in [6.07, 6.45) is 6.05. The first-order valence-electron chi connectivity index (χ1n) is 6.42. The van der Waals surface area contributed by atoms with Gasteiger partial charge in [-0.05, 0) is 43.9 Å². The Bertz CT molecular complexity index is 329. The van der Waals surface area contributed by atoms with Crippen molar-refractivity contribution in [1.29, 1.82) is 5.26 Å². The number of hydrogen-bond donors (Lipinski definition) is 1. The second kappa shape index (κ2) is 3.45. The molecule has 1 N–H and O–H groups in total. The molecule has 4 atom stereocenters. The van der Waals surface area contributed by atoms with Crippen LogP contribution in [0.15, 0.2) is 0 Å². The molecule has 1 saturated heterocycles. The van der Waals surface area contributed by atoms with Crippen molar-refractivity contribution in [3.63, 3.8) is 0 Å². The number of rotatable bonds is 1. The van der Waals surface area contributed by atoms with Crippen LogP contribution in [0.2, 0.25) is 0 Å². The predicted octanol–water partition coefficient (Wildman–Crippen LogP) is 1.86. The van der Waals surface area contributed by atoms with Gasteiger partial charge in [0, 0.05) is 6.61 Å². The molecule has 1 aliphatic heterocycles. The second-order valence-corrected chi connectivity index (χ2v) is 5.85. The molecular formula is C13H19NO2. The van der Waals surface area contributed by atoms with Crippen LogP contribution in [0.25, 0.3) is 0 Å². The first-order chi connectivity index (χ1) is 7.70. The Morgan fingerprint density at radius 3 is 2.75 bits per heavy atom. The Hall–Kier alpha value is -0.590. The molecule has 3 heteroatoms. The predicted molar refractivity (Wildman–Crippen MR) is 58.5 cm³/mol. The summed E-state index contributed by atoms with van der Waals surface area (Å²) in [5.41, 5.74) is -1.38. The third-order valence-electron chi connectivity index (χ3n) is 5.10. The molecule has 0 radical (unpaired) electrons. The normalized spacial score (nSPS) is 51.5. The van der Waals surface area contributed by atoms with Crippen molar-refractivity contribution < 1.29 is 9.84 Å². The van der Waals surface area contributed by atoms with E-state index in [4.69, 9.17) is 4.74 Å². The van der Waals surface area contributed by atoms with E-state index in [1.165, 1.54) is 6.42 Å². The molecule has 2 saturated carbocycles.